The molecule has 0 aliphatic carbocycles. The van der Waals surface area contributed by atoms with Gasteiger partial charge < -0.3 is 4.74 Å². The van der Waals surface area contributed by atoms with Gasteiger partial charge in [0, 0.05) is 5.02 Å². The lowest BCUT2D eigenvalue weighted by Crippen LogP contribution is -2.42. The summed E-state index contributed by atoms with van der Waals surface area (Å²) in [7, 11) is 1.41. The van der Waals surface area contributed by atoms with E-state index < -0.39 is 0 Å². The van der Waals surface area contributed by atoms with E-state index in [-0.39, 0.29) is 12.1 Å². The maximum atomic E-state index is 12.3. The lowest BCUT2D eigenvalue weighted by atomic mass is 9.97. The first-order valence-corrected chi connectivity index (χ1v) is 7.87. The minimum atomic E-state index is -0.349. The molecular formula is C19H18ClNO2. The third-order valence-electron chi connectivity index (χ3n) is 4.00. The van der Waals surface area contributed by atoms with E-state index in [1.54, 1.807) is 4.90 Å². The zero-order chi connectivity index (χ0) is 16.4. The fraction of sp³-hybridized carbons (Fsp3) is 0.211. The summed E-state index contributed by atoms with van der Waals surface area (Å²) in [5.74, 6) is 0. The van der Waals surface area contributed by atoms with Gasteiger partial charge >= 0.3 is 6.09 Å². The van der Waals surface area contributed by atoms with Gasteiger partial charge in [-0.2, -0.15) is 0 Å². The van der Waals surface area contributed by atoms with Crippen LogP contribution in [0.25, 0.3) is 6.08 Å². The van der Waals surface area contributed by atoms with E-state index in [0.717, 1.165) is 22.4 Å². The molecule has 0 N–H and O–H groups in total. The molecule has 0 bridgehead atoms. The molecule has 3 nitrogen and oxygen atoms in total. The molecule has 0 spiro atoms. The predicted molar refractivity (Wildman–Crippen MR) is 94.0 cm³/mol. The van der Waals surface area contributed by atoms with Gasteiger partial charge in [-0.25, -0.2) is 4.79 Å². The number of aryl methyl sites for hydroxylation is 1. The highest BCUT2D eigenvalue weighted by molar-refractivity contribution is 6.30. The van der Waals surface area contributed by atoms with Crippen LogP contribution < -0.4 is 4.90 Å². The summed E-state index contributed by atoms with van der Waals surface area (Å²) in [4.78, 5) is 14.0. The molecular weight excluding hydrogens is 310 g/mol. The molecule has 3 rings (SSSR count). The SMILES string of the molecule is COC(=O)N1c2ccc(C)cc2C=CC1Cc1ccc(Cl)cc1. The Morgan fingerprint density at radius 1 is 1.22 bits per heavy atom. The molecule has 0 radical (unpaired) electrons. The first-order valence-electron chi connectivity index (χ1n) is 7.49. The Morgan fingerprint density at radius 2 is 1.96 bits per heavy atom. The molecule has 0 saturated carbocycles. The van der Waals surface area contributed by atoms with E-state index >= 15 is 0 Å². The number of nitrogens with zero attached hydrogens (tertiary/aromatic N) is 1. The fourth-order valence-electron chi connectivity index (χ4n) is 2.86. The Kier molecular flexibility index (Phi) is 4.39. The Morgan fingerprint density at radius 3 is 2.65 bits per heavy atom. The average Bonchev–Trinajstić information content (AvgIpc) is 2.56. The van der Waals surface area contributed by atoms with E-state index in [4.69, 9.17) is 16.3 Å². The molecule has 118 valence electrons. The third-order valence-corrected chi connectivity index (χ3v) is 4.25. The second-order valence-electron chi connectivity index (χ2n) is 5.66. The van der Waals surface area contributed by atoms with Gasteiger partial charge in [-0.05, 0) is 48.7 Å². The molecule has 1 aliphatic heterocycles. The van der Waals surface area contributed by atoms with Gasteiger partial charge in [0.2, 0.25) is 0 Å². The average molecular weight is 328 g/mol. The van der Waals surface area contributed by atoms with Crippen LogP contribution in [0.4, 0.5) is 10.5 Å². The van der Waals surface area contributed by atoms with Crippen LogP contribution in [0.3, 0.4) is 0 Å². The summed E-state index contributed by atoms with van der Waals surface area (Å²) in [6.07, 6.45) is 4.48. The number of rotatable bonds is 2. The Hall–Kier alpha value is -2.26. The van der Waals surface area contributed by atoms with Crippen molar-refractivity contribution in [1.29, 1.82) is 0 Å². The van der Waals surface area contributed by atoms with E-state index in [1.165, 1.54) is 7.11 Å². The van der Waals surface area contributed by atoms with Crippen molar-refractivity contribution in [3.05, 3.63) is 70.3 Å². The van der Waals surface area contributed by atoms with E-state index in [0.29, 0.717) is 11.4 Å². The van der Waals surface area contributed by atoms with Gasteiger partial charge in [-0.15, -0.1) is 0 Å². The van der Waals surface area contributed by atoms with Gasteiger partial charge in [-0.3, -0.25) is 4.90 Å². The van der Waals surface area contributed by atoms with Crippen molar-refractivity contribution in [2.24, 2.45) is 0 Å². The van der Waals surface area contributed by atoms with Gasteiger partial charge in [0.15, 0.2) is 0 Å². The molecule has 0 aromatic heterocycles. The topological polar surface area (TPSA) is 29.5 Å². The quantitative estimate of drug-likeness (QED) is 0.788. The maximum Gasteiger partial charge on any atom is 0.414 e. The number of ether oxygens (including phenoxy) is 1. The summed E-state index contributed by atoms with van der Waals surface area (Å²) in [6.45, 7) is 2.04. The molecule has 1 aliphatic rings. The summed E-state index contributed by atoms with van der Waals surface area (Å²) < 4.78 is 5.00. The number of carbonyl (C=O) groups is 1. The van der Waals surface area contributed by atoms with Crippen molar-refractivity contribution in [1.82, 2.24) is 0 Å². The minimum absolute atomic E-state index is 0.0844. The van der Waals surface area contributed by atoms with Crippen LogP contribution in [0.1, 0.15) is 16.7 Å². The third kappa shape index (κ3) is 3.25. The van der Waals surface area contributed by atoms with Crippen LogP contribution in [0.15, 0.2) is 48.5 Å². The molecule has 4 heteroatoms. The van der Waals surface area contributed by atoms with Crippen molar-refractivity contribution in [3.63, 3.8) is 0 Å². The molecule has 0 saturated heterocycles. The Bertz CT molecular complexity index is 752. The Labute approximate surface area is 141 Å². The van der Waals surface area contributed by atoms with Gasteiger partial charge in [0.1, 0.15) is 0 Å². The first-order chi connectivity index (χ1) is 11.1. The van der Waals surface area contributed by atoms with Crippen LogP contribution in [0.5, 0.6) is 0 Å². The number of fused-ring (bicyclic) bond motifs is 1. The van der Waals surface area contributed by atoms with Crippen LogP contribution >= 0.6 is 11.6 Å². The summed E-state index contributed by atoms with van der Waals surface area (Å²) >= 11 is 5.94. The fourth-order valence-corrected chi connectivity index (χ4v) is 2.99. The second-order valence-corrected chi connectivity index (χ2v) is 6.10. The number of hydrogen-bond acceptors (Lipinski definition) is 2. The van der Waals surface area contributed by atoms with Crippen LogP contribution in [0.2, 0.25) is 5.02 Å². The molecule has 2 aromatic carbocycles. The highest BCUT2D eigenvalue weighted by Gasteiger charge is 2.28. The Balaban J connectivity index is 1.95. The van der Waals surface area contributed by atoms with Crippen molar-refractivity contribution in [2.45, 2.75) is 19.4 Å². The van der Waals surface area contributed by atoms with E-state index in [2.05, 4.69) is 12.1 Å². The van der Waals surface area contributed by atoms with E-state index in [9.17, 15) is 4.79 Å². The van der Waals surface area contributed by atoms with Gasteiger partial charge in [0.05, 0.1) is 18.8 Å². The number of carbonyl (C=O) groups excluding carboxylic acids is 1. The van der Waals surface area contributed by atoms with Crippen molar-refractivity contribution < 1.29 is 9.53 Å². The predicted octanol–water partition coefficient (Wildman–Crippen LogP) is 4.86. The standard InChI is InChI=1S/C19H18ClNO2/c1-13-3-10-18-15(11-13)6-9-17(21(18)19(22)23-2)12-14-4-7-16(20)8-5-14/h3-11,17H,12H2,1-2H3. The summed E-state index contributed by atoms with van der Waals surface area (Å²) in [5.41, 5.74) is 4.19. The molecule has 23 heavy (non-hydrogen) atoms. The molecule has 1 heterocycles. The smallest absolute Gasteiger partial charge is 0.414 e. The number of methoxy groups -OCH3 is 1. The van der Waals surface area contributed by atoms with Crippen molar-refractivity contribution >= 4 is 29.5 Å². The highest BCUT2D eigenvalue weighted by Crippen LogP contribution is 2.31. The zero-order valence-electron chi connectivity index (χ0n) is 13.1. The van der Waals surface area contributed by atoms with Crippen molar-refractivity contribution in [3.8, 4) is 0 Å². The zero-order valence-corrected chi connectivity index (χ0v) is 13.9. The monoisotopic (exact) mass is 327 g/mol. The van der Waals surface area contributed by atoms with Crippen LogP contribution in [-0.4, -0.2) is 19.2 Å². The lowest BCUT2D eigenvalue weighted by Gasteiger charge is -2.33. The molecule has 2 aromatic rings. The normalized spacial score (nSPS) is 16.1. The molecule has 1 unspecified atom stereocenters. The highest BCUT2D eigenvalue weighted by atomic mass is 35.5. The van der Waals surface area contributed by atoms with Crippen LogP contribution in [-0.2, 0) is 11.2 Å². The maximum absolute atomic E-state index is 12.3. The largest absolute Gasteiger partial charge is 0.452 e. The lowest BCUT2D eigenvalue weighted by molar-refractivity contribution is 0.177. The van der Waals surface area contributed by atoms with Gasteiger partial charge in [-0.1, -0.05) is 47.5 Å². The van der Waals surface area contributed by atoms with Crippen LogP contribution in [0, 0.1) is 6.92 Å². The van der Waals surface area contributed by atoms with Crippen molar-refractivity contribution in [2.75, 3.05) is 12.0 Å². The summed E-state index contributed by atoms with van der Waals surface area (Å²) in [5, 5.41) is 0.707. The second kappa shape index (κ2) is 6.47. The number of anilines is 1. The number of benzene rings is 2. The molecule has 0 fully saturated rings. The first kappa shape index (κ1) is 15.6. The number of halogens is 1. The minimum Gasteiger partial charge on any atom is -0.452 e. The number of amides is 1. The summed E-state index contributed by atoms with van der Waals surface area (Å²) in [6, 6.07) is 13.7. The number of hydrogen-bond donors (Lipinski definition) is 0. The molecule has 1 atom stereocenters. The van der Waals surface area contributed by atoms with E-state index in [1.807, 2.05) is 49.4 Å². The van der Waals surface area contributed by atoms with Gasteiger partial charge in [0.25, 0.3) is 0 Å². The molecule has 1 amide bonds.